The summed E-state index contributed by atoms with van der Waals surface area (Å²) in [5.41, 5.74) is -4.20. The number of aromatic hydroxyl groups is 1. The van der Waals surface area contributed by atoms with Crippen LogP contribution in [0.1, 0.15) is 11.1 Å². The Hall–Kier alpha value is -2.20. The minimum absolute atomic E-state index is 0.00454. The van der Waals surface area contributed by atoms with Crippen molar-refractivity contribution >= 4 is 46.4 Å². The zero-order valence-corrected chi connectivity index (χ0v) is 19.2. The van der Waals surface area contributed by atoms with E-state index >= 15 is 0 Å². The summed E-state index contributed by atoms with van der Waals surface area (Å²) < 4.78 is 59.3. The highest BCUT2D eigenvalue weighted by atomic mass is 35.5. The van der Waals surface area contributed by atoms with Crippen LogP contribution < -0.4 is 11.2 Å². The first kappa shape index (κ1) is 25.4. The third-order valence-electron chi connectivity index (χ3n) is 4.65. The summed E-state index contributed by atoms with van der Waals surface area (Å²) >= 11 is 22.9. The Morgan fingerprint density at radius 1 is 0.697 bits per heavy atom. The van der Waals surface area contributed by atoms with Crippen LogP contribution >= 0.6 is 46.4 Å². The molecule has 0 unspecified atom stereocenters. The molecule has 0 saturated heterocycles. The van der Waals surface area contributed by atoms with E-state index in [1.807, 2.05) is 0 Å². The number of nitrogens with zero attached hydrogens (tertiary/aromatic N) is 2. The molecule has 1 heterocycles. The molecule has 1 aromatic heterocycles. The van der Waals surface area contributed by atoms with Gasteiger partial charge in [0.2, 0.25) is 5.88 Å². The Morgan fingerprint density at radius 2 is 1.12 bits per heavy atom. The highest BCUT2D eigenvalue weighted by Crippen LogP contribution is 2.35. The van der Waals surface area contributed by atoms with Crippen LogP contribution in [0.2, 0.25) is 20.1 Å². The predicted octanol–water partition coefficient (Wildman–Crippen LogP) is 5.91. The average molecular weight is 546 g/mol. The van der Waals surface area contributed by atoms with Crippen molar-refractivity contribution in [1.29, 1.82) is 0 Å². The SMILES string of the molecule is O=c1cc(O)n(CC(F)(F)c2ccc(Cl)c(Cl)c2)c(=O)n1CC(F)(F)c1ccc(Cl)c(Cl)c1. The smallest absolute Gasteiger partial charge is 0.334 e. The lowest BCUT2D eigenvalue weighted by Gasteiger charge is -2.22. The monoisotopic (exact) mass is 544 g/mol. The predicted molar refractivity (Wildman–Crippen MR) is 117 cm³/mol. The maximum atomic E-state index is 14.8. The van der Waals surface area contributed by atoms with Gasteiger partial charge in [-0.05, 0) is 24.3 Å². The third-order valence-corrected chi connectivity index (χ3v) is 6.13. The fourth-order valence-electron chi connectivity index (χ4n) is 2.93. The second kappa shape index (κ2) is 9.21. The summed E-state index contributed by atoms with van der Waals surface area (Å²) in [6, 6.07) is 6.20. The van der Waals surface area contributed by atoms with Crippen molar-refractivity contribution in [2.45, 2.75) is 24.9 Å². The Morgan fingerprint density at radius 3 is 1.55 bits per heavy atom. The summed E-state index contributed by atoms with van der Waals surface area (Å²) in [5, 5.41) is 9.58. The van der Waals surface area contributed by atoms with Crippen LogP contribution in [0, 0.1) is 0 Å². The minimum atomic E-state index is -3.81. The summed E-state index contributed by atoms with van der Waals surface area (Å²) in [4.78, 5) is 24.8. The molecule has 0 amide bonds. The fraction of sp³-hybridized carbons (Fsp3) is 0.200. The highest BCUT2D eigenvalue weighted by Gasteiger charge is 2.37. The van der Waals surface area contributed by atoms with Crippen LogP contribution in [-0.4, -0.2) is 14.2 Å². The van der Waals surface area contributed by atoms with Crippen LogP contribution in [0.3, 0.4) is 0 Å². The normalized spacial score (nSPS) is 12.2. The molecule has 0 aliphatic carbocycles. The lowest BCUT2D eigenvalue weighted by molar-refractivity contribution is -0.0315. The molecule has 5 nitrogen and oxygen atoms in total. The van der Waals surface area contributed by atoms with E-state index in [1.165, 1.54) is 0 Å². The number of alkyl halides is 4. The molecule has 3 aromatic rings. The standard InChI is InChI=1S/C20H12Cl4F4N2O3/c21-12-3-1-10(5-14(12)23)19(25,26)8-29-16(31)7-17(32)30(18(29)33)9-20(27,28)11-2-4-13(22)15(24)6-11/h1-7,31H,8-9H2. The Bertz CT molecular complexity index is 1340. The topological polar surface area (TPSA) is 64.2 Å². The fourth-order valence-corrected chi connectivity index (χ4v) is 3.52. The van der Waals surface area contributed by atoms with Gasteiger partial charge in [-0.2, -0.15) is 17.6 Å². The van der Waals surface area contributed by atoms with Crippen molar-refractivity contribution < 1.29 is 22.7 Å². The van der Waals surface area contributed by atoms with E-state index in [0.717, 1.165) is 36.4 Å². The van der Waals surface area contributed by atoms with Gasteiger partial charge in [-0.15, -0.1) is 0 Å². The molecule has 0 radical (unpaired) electrons. The van der Waals surface area contributed by atoms with E-state index in [0.29, 0.717) is 6.07 Å². The first-order chi connectivity index (χ1) is 15.2. The summed E-state index contributed by atoms with van der Waals surface area (Å²) in [5.74, 6) is -8.72. The minimum Gasteiger partial charge on any atom is -0.494 e. The number of halogens is 8. The van der Waals surface area contributed by atoms with Gasteiger partial charge in [0.15, 0.2) is 0 Å². The second-order valence-electron chi connectivity index (χ2n) is 6.96. The summed E-state index contributed by atoms with van der Waals surface area (Å²) in [7, 11) is 0. The molecule has 0 saturated carbocycles. The maximum Gasteiger partial charge on any atom is 0.334 e. The van der Waals surface area contributed by atoms with Crippen molar-refractivity contribution in [2.75, 3.05) is 0 Å². The molecular weight excluding hydrogens is 534 g/mol. The Labute approximate surface area is 203 Å². The number of hydrogen-bond acceptors (Lipinski definition) is 3. The van der Waals surface area contributed by atoms with E-state index in [4.69, 9.17) is 46.4 Å². The first-order valence-electron chi connectivity index (χ1n) is 8.93. The number of rotatable bonds is 6. The van der Waals surface area contributed by atoms with E-state index in [1.54, 1.807) is 0 Å². The van der Waals surface area contributed by atoms with Gasteiger partial charge in [-0.1, -0.05) is 58.5 Å². The molecule has 33 heavy (non-hydrogen) atoms. The molecule has 3 rings (SSSR count). The first-order valence-corrected chi connectivity index (χ1v) is 10.4. The lowest BCUT2D eigenvalue weighted by atomic mass is 10.1. The molecule has 0 atom stereocenters. The third kappa shape index (κ3) is 5.32. The molecule has 0 spiro atoms. The van der Waals surface area contributed by atoms with Gasteiger partial charge in [0.25, 0.3) is 17.4 Å². The quantitative estimate of drug-likeness (QED) is 0.391. The molecule has 1 N–H and O–H groups in total. The second-order valence-corrected chi connectivity index (χ2v) is 8.59. The van der Waals surface area contributed by atoms with Gasteiger partial charge in [0.05, 0.1) is 39.2 Å². The van der Waals surface area contributed by atoms with Crippen LogP contribution in [0.5, 0.6) is 5.88 Å². The van der Waals surface area contributed by atoms with Crippen molar-refractivity contribution in [3.05, 3.63) is 94.5 Å². The number of hydrogen-bond donors (Lipinski definition) is 1. The van der Waals surface area contributed by atoms with Crippen LogP contribution in [0.15, 0.2) is 52.1 Å². The van der Waals surface area contributed by atoms with Crippen LogP contribution in [0.25, 0.3) is 0 Å². The van der Waals surface area contributed by atoms with Gasteiger partial charge in [-0.3, -0.25) is 13.9 Å². The molecule has 0 fully saturated rings. The molecule has 2 aromatic carbocycles. The van der Waals surface area contributed by atoms with E-state index in [9.17, 15) is 32.3 Å². The van der Waals surface area contributed by atoms with Crippen molar-refractivity contribution in [1.82, 2.24) is 9.13 Å². The summed E-state index contributed by atoms with van der Waals surface area (Å²) in [6.07, 6.45) is 0. The van der Waals surface area contributed by atoms with Crippen LogP contribution in [-0.2, 0) is 24.9 Å². The molecule has 13 heteroatoms. The Balaban J connectivity index is 2.02. The lowest BCUT2D eigenvalue weighted by Crippen LogP contribution is -2.44. The van der Waals surface area contributed by atoms with Gasteiger partial charge in [0.1, 0.15) is 0 Å². The highest BCUT2D eigenvalue weighted by molar-refractivity contribution is 6.42. The van der Waals surface area contributed by atoms with Crippen molar-refractivity contribution in [2.24, 2.45) is 0 Å². The average Bonchev–Trinajstić information content (AvgIpc) is 2.72. The number of aromatic nitrogens is 2. The maximum absolute atomic E-state index is 14.8. The van der Waals surface area contributed by atoms with Gasteiger partial charge in [-0.25, -0.2) is 4.79 Å². The molecule has 0 aliphatic heterocycles. The van der Waals surface area contributed by atoms with Crippen molar-refractivity contribution in [3.63, 3.8) is 0 Å². The zero-order chi connectivity index (χ0) is 24.7. The molecular formula is C20H12Cl4F4N2O3. The van der Waals surface area contributed by atoms with E-state index < -0.39 is 53.2 Å². The van der Waals surface area contributed by atoms with Crippen molar-refractivity contribution in [3.8, 4) is 5.88 Å². The van der Waals surface area contributed by atoms with Gasteiger partial charge < -0.3 is 5.11 Å². The number of benzene rings is 2. The van der Waals surface area contributed by atoms with Gasteiger partial charge in [0, 0.05) is 11.1 Å². The molecule has 0 bridgehead atoms. The van der Waals surface area contributed by atoms with Crippen LogP contribution in [0.4, 0.5) is 17.6 Å². The molecule has 176 valence electrons. The zero-order valence-electron chi connectivity index (χ0n) is 16.1. The van der Waals surface area contributed by atoms with E-state index in [2.05, 4.69) is 0 Å². The van der Waals surface area contributed by atoms with Gasteiger partial charge >= 0.3 is 5.69 Å². The molecule has 0 aliphatic rings. The largest absolute Gasteiger partial charge is 0.494 e. The Kier molecular flexibility index (Phi) is 7.10. The summed E-state index contributed by atoms with van der Waals surface area (Å²) in [6.45, 7) is -2.96. The van der Waals surface area contributed by atoms with E-state index in [-0.39, 0.29) is 29.2 Å².